The van der Waals surface area contributed by atoms with Crippen LogP contribution in [0.15, 0.2) is 48.8 Å². The number of hydrogen-bond donors (Lipinski definition) is 1. The van der Waals surface area contributed by atoms with Gasteiger partial charge in [0.05, 0.1) is 28.8 Å². The van der Waals surface area contributed by atoms with Crippen molar-refractivity contribution in [2.24, 2.45) is 5.92 Å². The Balaban J connectivity index is 1.20. The number of tetrazole rings is 1. The van der Waals surface area contributed by atoms with E-state index in [4.69, 9.17) is 11.6 Å². The monoisotopic (exact) mass is 423 g/mol. The molecular formula is C19H18ClN9O. The number of amides is 1. The fourth-order valence-corrected chi connectivity index (χ4v) is 3.80. The van der Waals surface area contributed by atoms with Crippen LogP contribution in [0.3, 0.4) is 0 Å². The number of hydrogen-bond acceptors (Lipinski definition) is 7. The van der Waals surface area contributed by atoms with E-state index in [1.54, 1.807) is 23.1 Å². The molecular weight excluding hydrogens is 406 g/mol. The fraction of sp³-hybridized carbons (Fsp3) is 0.263. The minimum Gasteiger partial charge on any atom is -0.355 e. The van der Waals surface area contributed by atoms with Gasteiger partial charge in [-0.25, -0.2) is 4.68 Å². The van der Waals surface area contributed by atoms with Crippen molar-refractivity contribution in [3.63, 3.8) is 0 Å². The maximum atomic E-state index is 12.7. The first-order valence-corrected chi connectivity index (χ1v) is 9.96. The first-order chi connectivity index (χ1) is 14.7. The summed E-state index contributed by atoms with van der Waals surface area (Å²) in [6, 6.07) is 11.2. The van der Waals surface area contributed by atoms with Crippen molar-refractivity contribution in [1.82, 2.24) is 35.0 Å². The zero-order chi connectivity index (χ0) is 20.5. The smallest absolute Gasteiger partial charge is 0.227 e. The minimum absolute atomic E-state index is 0.00255. The highest BCUT2D eigenvalue weighted by molar-refractivity contribution is 6.32. The molecule has 1 amide bonds. The van der Waals surface area contributed by atoms with E-state index in [9.17, 15) is 4.79 Å². The Kier molecular flexibility index (Phi) is 4.75. The number of nitrogens with zero attached hydrogens (tertiary/aromatic N) is 8. The highest BCUT2D eigenvalue weighted by Gasteiger charge is 2.26. The van der Waals surface area contributed by atoms with Gasteiger partial charge in [0.15, 0.2) is 11.5 Å². The standard InChI is InChI=1S/C19H18ClN9O/c20-15-3-1-2-4-16(15)28-12-14(11-21-28)22-19(30)13-7-9-27(10-8-13)18-6-5-17-23-25-26-29(17)24-18/h1-6,11-13H,7-10H2,(H,22,30). The highest BCUT2D eigenvalue weighted by atomic mass is 35.5. The Morgan fingerprint density at radius 3 is 2.80 bits per heavy atom. The molecule has 10 nitrogen and oxygen atoms in total. The first-order valence-electron chi connectivity index (χ1n) is 9.58. The van der Waals surface area contributed by atoms with E-state index < -0.39 is 0 Å². The van der Waals surface area contributed by atoms with E-state index in [1.807, 2.05) is 30.3 Å². The molecule has 3 aromatic heterocycles. The number of nitrogens with one attached hydrogen (secondary N) is 1. The summed E-state index contributed by atoms with van der Waals surface area (Å²) in [4.78, 5) is 14.9. The molecule has 1 aromatic carbocycles. The molecule has 1 aliphatic heterocycles. The topological polar surface area (TPSA) is 106 Å². The Morgan fingerprint density at radius 2 is 1.97 bits per heavy atom. The van der Waals surface area contributed by atoms with Gasteiger partial charge in [-0.2, -0.15) is 5.10 Å². The molecule has 30 heavy (non-hydrogen) atoms. The van der Waals surface area contributed by atoms with Gasteiger partial charge < -0.3 is 10.2 Å². The molecule has 0 aliphatic carbocycles. The maximum absolute atomic E-state index is 12.7. The number of aromatic nitrogens is 7. The van der Waals surface area contributed by atoms with Crippen molar-refractivity contribution < 1.29 is 4.79 Å². The first kappa shape index (κ1) is 18.5. The number of piperidine rings is 1. The van der Waals surface area contributed by atoms with Crippen LogP contribution in [0.4, 0.5) is 11.5 Å². The lowest BCUT2D eigenvalue weighted by Crippen LogP contribution is -2.38. The van der Waals surface area contributed by atoms with Crippen LogP contribution in [-0.2, 0) is 4.79 Å². The summed E-state index contributed by atoms with van der Waals surface area (Å²) in [6.07, 6.45) is 4.86. The molecule has 11 heteroatoms. The van der Waals surface area contributed by atoms with Gasteiger partial charge in [0, 0.05) is 19.0 Å². The summed E-state index contributed by atoms with van der Waals surface area (Å²) in [5.41, 5.74) is 2.01. The third kappa shape index (κ3) is 3.57. The second kappa shape index (κ2) is 7.71. The van der Waals surface area contributed by atoms with Gasteiger partial charge in [-0.1, -0.05) is 23.7 Å². The number of carbonyl (C=O) groups is 1. The fourth-order valence-electron chi connectivity index (χ4n) is 3.58. The summed E-state index contributed by atoms with van der Waals surface area (Å²) in [5.74, 6) is 0.730. The van der Waals surface area contributed by atoms with E-state index in [2.05, 4.69) is 35.9 Å². The Bertz CT molecular complexity index is 1200. The van der Waals surface area contributed by atoms with Crippen LogP contribution < -0.4 is 10.2 Å². The van der Waals surface area contributed by atoms with Crippen molar-refractivity contribution >= 4 is 34.7 Å². The zero-order valence-corrected chi connectivity index (χ0v) is 16.6. The lowest BCUT2D eigenvalue weighted by atomic mass is 9.96. The van der Waals surface area contributed by atoms with Gasteiger partial charge in [0.1, 0.15) is 0 Å². The number of benzene rings is 1. The molecule has 4 aromatic rings. The van der Waals surface area contributed by atoms with E-state index in [0.29, 0.717) is 16.4 Å². The normalized spacial score (nSPS) is 14.9. The molecule has 1 saturated heterocycles. The van der Waals surface area contributed by atoms with Crippen molar-refractivity contribution in [2.75, 3.05) is 23.3 Å². The minimum atomic E-state index is -0.0679. The Morgan fingerprint density at radius 1 is 1.13 bits per heavy atom. The van der Waals surface area contributed by atoms with Gasteiger partial charge in [0.25, 0.3) is 0 Å². The molecule has 0 bridgehead atoms. The van der Waals surface area contributed by atoms with E-state index in [-0.39, 0.29) is 11.8 Å². The number of carbonyl (C=O) groups excluding carboxylic acids is 1. The number of halogens is 1. The van der Waals surface area contributed by atoms with Crippen LogP contribution in [0.25, 0.3) is 11.3 Å². The SMILES string of the molecule is O=C(Nc1cnn(-c2ccccc2Cl)c1)C1CCN(c2ccc3nnnn3n2)CC1. The third-order valence-corrected chi connectivity index (χ3v) is 5.51. The van der Waals surface area contributed by atoms with Gasteiger partial charge in [-0.15, -0.1) is 14.8 Å². The van der Waals surface area contributed by atoms with E-state index in [1.165, 1.54) is 4.63 Å². The molecule has 1 fully saturated rings. The van der Waals surface area contributed by atoms with Gasteiger partial charge >= 0.3 is 0 Å². The van der Waals surface area contributed by atoms with E-state index in [0.717, 1.165) is 37.4 Å². The predicted octanol–water partition coefficient (Wildman–Crippen LogP) is 2.21. The third-order valence-electron chi connectivity index (χ3n) is 5.19. The molecule has 1 aliphatic rings. The van der Waals surface area contributed by atoms with Crippen LogP contribution in [0, 0.1) is 5.92 Å². The number of fused-ring (bicyclic) bond motifs is 1. The molecule has 0 spiro atoms. The van der Waals surface area contributed by atoms with Crippen molar-refractivity contribution in [2.45, 2.75) is 12.8 Å². The van der Waals surface area contributed by atoms with Gasteiger partial charge in [-0.3, -0.25) is 4.79 Å². The van der Waals surface area contributed by atoms with Crippen LogP contribution >= 0.6 is 11.6 Å². The maximum Gasteiger partial charge on any atom is 0.227 e. The molecule has 0 atom stereocenters. The number of rotatable bonds is 4. The highest BCUT2D eigenvalue weighted by Crippen LogP contribution is 2.24. The lowest BCUT2D eigenvalue weighted by Gasteiger charge is -2.31. The van der Waals surface area contributed by atoms with Crippen LogP contribution in [0.1, 0.15) is 12.8 Å². The Labute approximate surface area is 176 Å². The van der Waals surface area contributed by atoms with Crippen molar-refractivity contribution in [1.29, 1.82) is 0 Å². The second-order valence-corrected chi connectivity index (χ2v) is 7.50. The molecule has 1 N–H and O–H groups in total. The van der Waals surface area contributed by atoms with Gasteiger partial charge in [0.2, 0.25) is 5.91 Å². The van der Waals surface area contributed by atoms with Gasteiger partial charge in [-0.05, 0) is 47.5 Å². The van der Waals surface area contributed by atoms with Crippen LogP contribution in [-0.4, -0.2) is 54.0 Å². The Hall–Kier alpha value is -3.53. The molecule has 0 unspecified atom stereocenters. The number of anilines is 2. The summed E-state index contributed by atoms with van der Waals surface area (Å²) in [7, 11) is 0. The summed E-state index contributed by atoms with van der Waals surface area (Å²) in [5, 5.41) is 23.6. The van der Waals surface area contributed by atoms with Crippen molar-refractivity contribution in [3.8, 4) is 5.69 Å². The molecule has 5 rings (SSSR count). The predicted molar refractivity (Wildman–Crippen MR) is 111 cm³/mol. The summed E-state index contributed by atoms with van der Waals surface area (Å²) in [6.45, 7) is 1.47. The molecule has 4 heterocycles. The zero-order valence-electron chi connectivity index (χ0n) is 15.9. The van der Waals surface area contributed by atoms with Crippen molar-refractivity contribution in [3.05, 3.63) is 53.8 Å². The van der Waals surface area contributed by atoms with Crippen LogP contribution in [0.5, 0.6) is 0 Å². The second-order valence-electron chi connectivity index (χ2n) is 7.09. The lowest BCUT2D eigenvalue weighted by molar-refractivity contribution is -0.120. The summed E-state index contributed by atoms with van der Waals surface area (Å²) < 4.78 is 3.06. The molecule has 0 saturated carbocycles. The van der Waals surface area contributed by atoms with E-state index >= 15 is 0 Å². The average Bonchev–Trinajstić information content (AvgIpc) is 3.43. The van der Waals surface area contributed by atoms with Crippen LogP contribution in [0.2, 0.25) is 5.02 Å². The average molecular weight is 424 g/mol. The summed E-state index contributed by atoms with van der Waals surface area (Å²) >= 11 is 6.22. The molecule has 0 radical (unpaired) electrons. The largest absolute Gasteiger partial charge is 0.355 e. The quantitative estimate of drug-likeness (QED) is 0.536. The number of para-hydroxylation sites is 1. The molecule has 152 valence electrons.